The summed E-state index contributed by atoms with van der Waals surface area (Å²) in [6.45, 7) is 5.27. The molecule has 0 aliphatic heterocycles. The molecule has 0 radical (unpaired) electrons. The Balaban J connectivity index is 1.75. The van der Waals surface area contributed by atoms with Gasteiger partial charge in [-0.05, 0) is 39.7 Å². The first kappa shape index (κ1) is 13.0. The molecule has 0 aromatic carbocycles. The topological polar surface area (TPSA) is 50.9 Å². The summed E-state index contributed by atoms with van der Waals surface area (Å²) in [5, 5.41) is 4.71. The van der Waals surface area contributed by atoms with Crippen LogP contribution in [0.5, 0.6) is 0 Å². The number of thiazole rings is 1. The maximum atomic E-state index is 6.34. The van der Waals surface area contributed by atoms with Crippen LogP contribution >= 0.6 is 11.3 Å². The van der Waals surface area contributed by atoms with Crippen molar-refractivity contribution in [3.63, 3.8) is 0 Å². The molecule has 17 heavy (non-hydrogen) atoms. The van der Waals surface area contributed by atoms with Gasteiger partial charge in [0.05, 0.1) is 6.04 Å². The Bertz CT molecular complexity index is 355. The predicted octanol–water partition coefficient (Wildman–Crippen LogP) is 2.76. The second-order valence-electron chi connectivity index (χ2n) is 5.30. The number of nitrogens with zero attached hydrogens (tertiary/aromatic N) is 1. The van der Waals surface area contributed by atoms with Crippen LogP contribution in [0.2, 0.25) is 0 Å². The number of nitrogens with one attached hydrogen (secondary N) is 1. The van der Waals surface area contributed by atoms with Gasteiger partial charge in [0.2, 0.25) is 0 Å². The maximum Gasteiger partial charge on any atom is 0.109 e. The molecule has 1 atom stereocenters. The Morgan fingerprint density at radius 1 is 1.53 bits per heavy atom. The van der Waals surface area contributed by atoms with Gasteiger partial charge in [-0.1, -0.05) is 12.8 Å². The van der Waals surface area contributed by atoms with Crippen molar-refractivity contribution in [3.8, 4) is 0 Å². The van der Waals surface area contributed by atoms with Gasteiger partial charge in [-0.25, -0.2) is 4.98 Å². The zero-order chi connectivity index (χ0) is 12.3. The SMILES string of the molecule is Cc1cnc(C(C)NCCC2(N)CCCC2)s1. The van der Waals surface area contributed by atoms with E-state index in [4.69, 9.17) is 5.73 Å². The summed E-state index contributed by atoms with van der Waals surface area (Å²) in [7, 11) is 0. The monoisotopic (exact) mass is 253 g/mol. The lowest BCUT2D eigenvalue weighted by Gasteiger charge is -2.24. The van der Waals surface area contributed by atoms with Gasteiger partial charge in [-0.3, -0.25) is 0 Å². The van der Waals surface area contributed by atoms with Gasteiger partial charge in [0.15, 0.2) is 0 Å². The minimum Gasteiger partial charge on any atom is -0.325 e. The Morgan fingerprint density at radius 2 is 2.24 bits per heavy atom. The molecule has 3 N–H and O–H groups in total. The lowest BCUT2D eigenvalue weighted by atomic mass is 9.95. The summed E-state index contributed by atoms with van der Waals surface area (Å²) >= 11 is 1.77. The van der Waals surface area contributed by atoms with E-state index < -0.39 is 0 Å². The highest BCUT2D eigenvalue weighted by molar-refractivity contribution is 7.11. The molecule has 0 spiro atoms. The lowest BCUT2D eigenvalue weighted by Crippen LogP contribution is -2.39. The zero-order valence-corrected chi connectivity index (χ0v) is 11.6. The van der Waals surface area contributed by atoms with E-state index in [1.807, 2.05) is 6.20 Å². The number of hydrogen-bond donors (Lipinski definition) is 2. The molecule has 0 amide bonds. The van der Waals surface area contributed by atoms with Gasteiger partial charge in [0.25, 0.3) is 0 Å². The molecule has 1 aliphatic rings. The van der Waals surface area contributed by atoms with Crippen LogP contribution in [-0.2, 0) is 0 Å². The van der Waals surface area contributed by atoms with E-state index >= 15 is 0 Å². The molecule has 0 bridgehead atoms. The predicted molar refractivity (Wildman–Crippen MR) is 73.3 cm³/mol. The van der Waals surface area contributed by atoms with E-state index in [1.54, 1.807) is 11.3 Å². The van der Waals surface area contributed by atoms with Crippen molar-refractivity contribution in [2.24, 2.45) is 5.73 Å². The third-order valence-electron chi connectivity index (χ3n) is 3.68. The van der Waals surface area contributed by atoms with Gasteiger partial charge in [-0.2, -0.15) is 0 Å². The van der Waals surface area contributed by atoms with E-state index in [1.165, 1.54) is 35.6 Å². The van der Waals surface area contributed by atoms with Gasteiger partial charge in [0.1, 0.15) is 5.01 Å². The molecule has 4 heteroatoms. The maximum absolute atomic E-state index is 6.34. The average Bonchev–Trinajstić information content (AvgIpc) is 2.88. The molecule has 1 aromatic heterocycles. The molecule has 1 aliphatic carbocycles. The van der Waals surface area contributed by atoms with Gasteiger partial charge < -0.3 is 11.1 Å². The van der Waals surface area contributed by atoms with E-state index in [-0.39, 0.29) is 5.54 Å². The first-order valence-corrected chi connectivity index (χ1v) is 7.35. The van der Waals surface area contributed by atoms with Crippen molar-refractivity contribution < 1.29 is 0 Å². The summed E-state index contributed by atoms with van der Waals surface area (Å²) in [5.41, 5.74) is 6.44. The first-order chi connectivity index (χ1) is 8.09. The van der Waals surface area contributed by atoms with Crippen molar-refractivity contribution in [1.82, 2.24) is 10.3 Å². The molecule has 1 heterocycles. The highest BCUT2D eigenvalue weighted by atomic mass is 32.1. The third kappa shape index (κ3) is 3.50. The Labute approximate surface area is 108 Å². The number of aromatic nitrogens is 1. The molecular weight excluding hydrogens is 230 g/mol. The van der Waals surface area contributed by atoms with E-state index in [0.717, 1.165) is 13.0 Å². The van der Waals surface area contributed by atoms with E-state index in [0.29, 0.717) is 6.04 Å². The molecule has 1 fully saturated rings. The van der Waals surface area contributed by atoms with Gasteiger partial charge >= 0.3 is 0 Å². The minimum absolute atomic E-state index is 0.103. The van der Waals surface area contributed by atoms with Crippen LogP contribution in [0.3, 0.4) is 0 Å². The fourth-order valence-electron chi connectivity index (χ4n) is 2.53. The summed E-state index contributed by atoms with van der Waals surface area (Å²) in [5.74, 6) is 0. The van der Waals surface area contributed by atoms with Crippen molar-refractivity contribution in [1.29, 1.82) is 0 Å². The molecule has 1 unspecified atom stereocenters. The molecule has 1 aromatic rings. The van der Waals surface area contributed by atoms with E-state index in [9.17, 15) is 0 Å². The van der Waals surface area contributed by atoms with Crippen LogP contribution in [-0.4, -0.2) is 17.1 Å². The van der Waals surface area contributed by atoms with Crippen LogP contribution in [0.4, 0.5) is 0 Å². The normalized spacial score (nSPS) is 20.6. The molecule has 2 rings (SSSR count). The summed E-state index contributed by atoms with van der Waals surface area (Å²) < 4.78 is 0. The summed E-state index contributed by atoms with van der Waals surface area (Å²) in [4.78, 5) is 5.69. The minimum atomic E-state index is 0.103. The fourth-order valence-corrected chi connectivity index (χ4v) is 3.33. The van der Waals surface area contributed by atoms with Gasteiger partial charge in [-0.15, -0.1) is 11.3 Å². The number of hydrogen-bond acceptors (Lipinski definition) is 4. The van der Waals surface area contributed by atoms with Crippen LogP contribution in [0.1, 0.15) is 55.0 Å². The lowest BCUT2D eigenvalue weighted by molar-refractivity contribution is 0.383. The third-order valence-corrected chi connectivity index (χ3v) is 4.78. The van der Waals surface area contributed by atoms with Crippen LogP contribution in [0, 0.1) is 6.92 Å². The van der Waals surface area contributed by atoms with Crippen molar-refractivity contribution >= 4 is 11.3 Å². The van der Waals surface area contributed by atoms with Crippen LogP contribution < -0.4 is 11.1 Å². The Hall–Kier alpha value is -0.450. The van der Waals surface area contributed by atoms with Crippen LogP contribution in [0.15, 0.2) is 6.20 Å². The Morgan fingerprint density at radius 3 is 2.82 bits per heavy atom. The number of rotatable bonds is 5. The van der Waals surface area contributed by atoms with Crippen LogP contribution in [0.25, 0.3) is 0 Å². The second kappa shape index (κ2) is 5.46. The average molecular weight is 253 g/mol. The molecular formula is C13H23N3S. The highest BCUT2D eigenvalue weighted by Crippen LogP contribution is 2.29. The second-order valence-corrected chi connectivity index (χ2v) is 6.57. The quantitative estimate of drug-likeness (QED) is 0.848. The standard InChI is InChI=1S/C13H23N3S/c1-10-9-16-12(17-10)11(2)15-8-7-13(14)5-3-4-6-13/h9,11,15H,3-8,14H2,1-2H3. The first-order valence-electron chi connectivity index (χ1n) is 6.54. The molecule has 3 nitrogen and oxygen atoms in total. The van der Waals surface area contributed by atoms with Crippen molar-refractivity contribution in [2.75, 3.05) is 6.54 Å². The van der Waals surface area contributed by atoms with Gasteiger partial charge in [0, 0.05) is 16.6 Å². The smallest absolute Gasteiger partial charge is 0.109 e. The molecule has 96 valence electrons. The number of nitrogens with two attached hydrogens (primary N) is 1. The number of aryl methyl sites for hydroxylation is 1. The Kier molecular flexibility index (Phi) is 4.17. The zero-order valence-electron chi connectivity index (χ0n) is 10.8. The largest absolute Gasteiger partial charge is 0.325 e. The van der Waals surface area contributed by atoms with Crippen molar-refractivity contribution in [3.05, 3.63) is 16.1 Å². The summed E-state index contributed by atoms with van der Waals surface area (Å²) in [6.07, 6.45) is 8.02. The molecule has 0 saturated heterocycles. The van der Waals surface area contributed by atoms with Crippen molar-refractivity contribution in [2.45, 2.75) is 57.5 Å². The van der Waals surface area contributed by atoms with E-state index in [2.05, 4.69) is 24.1 Å². The summed E-state index contributed by atoms with van der Waals surface area (Å²) in [6, 6.07) is 0.346. The highest BCUT2D eigenvalue weighted by Gasteiger charge is 2.28. The fraction of sp³-hybridized carbons (Fsp3) is 0.769. The molecule has 1 saturated carbocycles.